The Kier molecular flexibility index (Phi) is 55.3. The van der Waals surface area contributed by atoms with E-state index in [1.54, 1.807) is 6.08 Å². The van der Waals surface area contributed by atoms with Gasteiger partial charge in [0, 0.05) is 12.8 Å². The Labute approximate surface area is 464 Å². The third kappa shape index (κ3) is 55.4. The summed E-state index contributed by atoms with van der Waals surface area (Å²) in [4.78, 5) is 48.6. The Morgan fingerprint density at radius 1 is 0.395 bits per heavy atom. The van der Waals surface area contributed by atoms with Gasteiger partial charge in [-0.25, -0.2) is 4.57 Å². The number of allylic oxidation sites excluding steroid dienone is 13. The van der Waals surface area contributed by atoms with E-state index in [2.05, 4.69) is 81.5 Å². The highest BCUT2D eigenvalue weighted by Crippen LogP contribution is 2.43. The number of hydrogen-bond acceptors (Lipinski definition) is 10. The molecule has 0 amide bonds. The van der Waals surface area contributed by atoms with Crippen LogP contribution in [0.3, 0.4) is 0 Å². The predicted octanol–water partition coefficient (Wildman–Crippen LogP) is 18.3. The largest absolute Gasteiger partial charge is 0.472 e. The van der Waals surface area contributed by atoms with E-state index in [1.807, 2.05) is 18.2 Å². The molecule has 0 fully saturated rings. The Balaban J connectivity index is 4.79. The fourth-order valence-corrected chi connectivity index (χ4v) is 9.01. The second-order valence-corrected chi connectivity index (χ2v) is 21.6. The maximum Gasteiger partial charge on any atom is 0.472 e. The van der Waals surface area contributed by atoms with E-state index in [0.717, 1.165) is 83.5 Å². The lowest BCUT2D eigenvalue weighted by Gasteiger charge is -2.21. The van der Waals surface area contributed by atoms with Crippen molar-refractivity contribution in [3.05, 3.63) is 85.1 Å². The average Bonchev–Trinajstić information content (AvgIpc) is 3.41. The average molecular weight is 1090 g/mol. The molecule has 76 heavy (non-hydrogen) atoms. The number of esters is 3. The number of carbonyl (C=O) groups excluding carboxylic acids is 3. The molecule has 0 aliphatic rings. The zero-order valence-electron chi connectivity index (χ0n) is 48.5. The summed E-state index contributed by atoms with van der Waals surface area (Å²) in [7, 11) is -4.78. The van der Waals surface area contributed by atoms with Crippen molar-refractivity contribution >= 4 is 25.7 Å². The van der Waals surface area contributed by atoms with Crippen LogP contribution in [0.4, 0.5) is 0 Å². The SMILES string of the molecule is CC/C=C\C/C=C\C/C=C\C/C=C\C/C=C\CC(=O)OC(CO)COP(=O)(O)OCC(COC(=O)CCCCCCCCCCCCCCCCCCC)OC(=O)CCCCCCCCC/C=C\C/C=C\CCCCC. The maximum atomic E-state index is 12.9. The Morgan fingerprint density at radius 3 is 1.18 bits per heavy atom. The van der Waals surface area contributed by atoms with Crippen LogP contribution in [0, 0.1) is 0 Å². The van der Waals surface area contributed by atoms with Gasteiger partial charge in [0.15, 0.2) is 6.10 Å². The molecule has 0 saturated carbocycles. The molecule has 0 saturated heterocycles. The van der Waals surface area contributed by atoms with Crippen LogP contribution < -0.4 is 0 Å². The second-order valence-electron chi connectivity index (χ2n) is 20.2. The summed E-state index contributed by atoms with van der Waals surface area (Å²) in [6, 6.07) is 0. The van der Waals surface area contributed by atoms with Crippen molar-refractivity contribution in [2.24, 2.45) is 0 Å². The third-order valence-corrected chi connectivity index (χ3v) is 13.8. The normalized spacial score (nSPS) is 13.9. The summed E-state index contributed by atoms with van der Waals surface area (Å²) in [6.45, 7) is 4.42. The molecule has 0 aromatic carbocycles. The molecule has 3 atom stereocenters. The van der Waals surface area contributed by atoms with Crippen LogP contribution in [0.1, 0.15) is 265 Å². The first-order chi connectivity index (χ1) is 37.2. The highest BCUT2D eigenvalue weighted by Gasteiger charge is 2.28. The summed E-state index contributed by atoms with van der Waals surface area (Å²) in [5.74, 6) is -1.60. The molecule has 2 N–H and O–H groups in total. The molecule has 11 nitrogen and oxygen atoms in total. The van der Waals surface area contributed by atoms with Crippen molar-refractivity contribution in [3.8, 4) is 0 Å². The second kappa shape index (κ2) is 57.8. The van der Waals surface area contributed by atoms with Crippen LogP contribution in [0.15, 0.2) is 85.1 Å². The number of rotatable bonds is 56. The molecule has 0 bridgehead atoms. The predicted molar refractivity (Wildman–Crippen MR) is 316 cm³/mol. The molecule has 0 rings (SSSR count). The number of carbonyl (C=O) groups is 3. The molecule has 0 aliphatic carbocycles. The first-order valence-corrected chi connectivity index (χ1v) is 32.0. The standard InChI is InChI=1S/C64H111O11P/c1-4-7-10-13-16-19-22-25-28-30-33-35-38-41-44-47-50-53-62(66)71-57-61(75-64(68)55-52-49-46-43-40-37-34-31-29-26-23-20-17-14-11-8-5-2)59-73-76(69,70)72-58-60(56-65)74-63(67)54-51-48-45-42-39-36-32-27-24-21-18-15-12-9-6-3/h9,12,17-18,20-21,26-27,29,32,39,42,48,51,60-61,65H,4-8,10-11,13-16,19,22-25,28,30-31,33-38,40-41,43-47,49-50,52-59H2,1-3H3,(H,69,70)/b12-9-,20-17-,21-18-,29-26-,32-27-,42-39-,51-48-. The first kappa shape index (κ1) is 72.7. The van der Waals surface area contributed by atoms with Crippen molar-refractivity contribution in [1.29, 1.82) is 0 Å². The summed E-state index contributed by atoms with van der Waals surface area (Å²) in [5.41, 5.74) is 0. The van der Waals surface area contributed by atoms with E-state index in [1.165, 1.54) is 122 Å². The van der Waals surface area contributed by atoms with Gasteiger partial charge in [0.1, 0.15) is 12.7 Å². The van der Waals surface area contributed by atoms with Crippen molar-refractivity contribution < 1.29 is 52.2 Å². The first-order valence-electron chi connectivity index (χ1n) is 30.5. The van der Waals surface area contributed by atoms with Gasteiger partial charge in [0.2, 0.25) is 0 Å². The molecule has 438 valence electrons. The molecular weight excluding hydrogens is 976 g/mol. The van der Waals surface area contributed by atoms with Crippen molar-refractivity contribution in [1.82, 2.24) is 0 Å². The van der Waals surface area contributed by atoms with Crippen molar-refractivity contribution in [2.75, 3.05) is 26.4 Å². The quantitative estimate of drug-likeness (QED) is 0.0197. The molecule has 0 aliphatic heterocycles. The highest BCUT2D eigenvalue weighted by molar-refractivity contribution is 7.47. The zero-order chi connectivity index (χ0) is 55.5. The number of aliphatic hydroxyl groups excluding tert-OH is 1. The molecule has 0 spiro atoms. The lowest BCUT2D eigenvalue weighted by atomic mass is 10.0. The monoisotopic (exact) mass is 1090 g/mol. The Morgan fingerprint density at radius 2 is 0.737 bits per heavy atom. The third-order valence-electron chi connectivity index (χ3n) is 12.8. The minimum atomic E-state index is -4.78. The summed E-state index contributed by atoms with van der Waals surface area (Å²) < 4.78 is 39.5. The molecule has 0 radical (unpaired) electrons. The van der Waals surface area contributed by atoms with Crippen molar-refractivity contribution in [2.45, 2.75) is 277 Å². The molecule has 12 heteroatoms. The fourth-order valence-electron chi connectivity index (χ4n) is 8.23. The number of phosphoric acid groups is 1. The Hall–Kier alpha value is -3.34. The lowest BCUT2D eigenvalue weighted by molar-refractivity contribution is -0.161. The van der Waals surface area contributed by atoms with Gasteiger partial charge in [-0.1, -0.05) is 254 Å². The fraction of sp³-hybridized carbons (Fsp3) is 0.734. The molecular formula is C64H111O11P. The van der Waals surface area contributed by atoms with E-state index in [-0.39, 0.29) is 25.9 Å². The number of phosphoric ester groups is 1. The zero-order valence-corrected chi connectivity index (χ0v) is 49.3. The van der Waals surface area contributed by atoms with E-state index < -0.39 is 57.8 Å². The molecule has 0 aromatic heterocycles. The minimum absolute atomic E-state index is 0.0570. The highest BCUT2D eigenvalue weighted by atomic mass is 31.2. The van der Waals surface area contributed by atoms with Gasteiger partial charge in [-0.15, -0.1) is 0 Å². The van der Waals surface area contributed by atoms with Gasteiger partial charge < -0.3 is 24.2 Å². The van der Waals surface area contributed by atoms with Crippen LogP contribution >= 0.6 is 7.82 Å². The Bertz CT molecular complexity index is 1600. The van der Waals surface area contributed by atoms with Crippen LogP contribution in [-0.4, -0.2) is 66.5 Å². The van der Waals surface area contributed by atoms with Gasteiger partial charge in [0.25, 0.3) is 0 Å². The summed E-state index contributed by atoms with van der Waals surface area (Å²) >= 11 is 0. The van der Waals surface area contributed by atoms with Crippen molar-refractivity contribution in [3.63, 3.8) is 0 Å². The van der Waals surface area contributed by atoms with E-state index in [0.29, 0.717) is 19.3 Å². The van der Waals surface area contributed by atoms with Crippen LogP contribution in [-0.2, 0) is 42.2 Å². The van der Waals surface area contributed by atoms with Gasteiger partial charge in [-0.2, -0.15) is 0 Å². The molecule has 0 aromatic rings. The number of aliphatic hydroxyl groups is 1. The maximum absolute atomic E-state index is 12.9. The number of hydrogen-bond donors (Lipinski definition) is 2. The summed E-state index contributed by atoms with van der Waals surface area (Å²) in [6.07, 6.45) is 67.1. The van der Waals surface area contributed by atoms with E-state index >= 15 is 0 Å². The van der Waals surface area contributed by atoms with Gasteiger partial charge in [0.05, 0.1) is 26.2 Å². The molecule has 0 heterocycles. The lowest BCUT2D eigenvalue weighted by Crippen LogP contribution is -2.30. The number of ether oxygens (including phenoxy) is 3. The van der Waals surface area contributed by atoms with Crippen LogP contribution in [0.5, 0.6) is 0 Å². The topological polar surface area (TPSA) is 155 Å². The smallest absolute Gasteiger partial charge is 0.462 e. The van der Waals surface area contributed by atoms with Gasteiger partial charge in [-0.05, 0) is 77.0 Å². The van der Waals surface area contributed by atoms with Crippen LogP contribution in [0.2, 0.25) is 0 Å². The van der Waals surface area contributed by atoms with Gasteiger partial charge in [-0.3, -0.25) is 23.4 Å². The number of unbranched alkanes of at least 4 members (excludes halogenated alkanes) is 26. The summed E-state index contributed by atoms with van der Waals surface area (Å²) in [5, 5.41) is 9.80. The van der Waals surface area contributed by atoms with Gasteiger partial charge >= 0.3 is 25.7 Å². The van der Waals surface area contributed by atoms with E-state index in [4.69, 9.17) is 23.3 Å². The van der Waals surface area contributed by atoms with E-state index in [9.17, 15) is 28.9 Å². The minimum Gasteiger partial charge on any atom is -0.462 e. The van der Waals surface area contributed by atoms with Crippen LogP contribution in [0.25, 0.3) is 0 Å². The molecule has 3 unspecified atom stereocenters.